The molecule has 0 saturated carbocycles. The number of aromatic nitrogens is 4. The fraction of sp³-hybridized carbons (Fsp3) is 0.381. The molecule has 1 fully saturated rings. The number of benzene rings is 2. The summed E-state index contributed by atoms with van der Waals surface area (Å²) in [5, 5.41) is 13.1. The molecule has 1 unspecified atom stereocenters. The van der Waals surface area contributed by atoms with Crippen molar-refractivity contribution in [1.82, 2.24) is 20.2 Å². The molecule has 0 amide bonds. The predicted octanol–water partition coefficient (Wildman–Crippen LogP) is 4.00. The number of hydrogen-bond acceptors (Lipinski definition) is 6. The number of tetrazole rings is 1. The standard InChI is InChI=1S/C21H24N4O3/c1-26-21(27-2)16-12-10-15(11-13-16)17-7-3-4-8-18(17)20-22-24-25(23-20)19-9-5-6-14-28-19/h3-4,7-8,10-13,19,21H,5-6,9,14H2,1-2H3. The summed E-state index contributed by atoms with van der Waals surface area (Å²) >= 11 is 0. The lowest BCUT2D eigenvalue weighted by molar-refractivity contribution is -0.106. The van der Waals surface area contributed by atoms with E-state index in [1.807, 2.05) is 42.5 Å². The maximum atomic E-state index is 5.76. The molecule has 2 heterocycles. The summed E-state index contributed by atoms with van der Waals surface area (Å²) in [6.45, 7) is 0.744. The number of ether oxygens (including phenoxy) is 3. The van der Waals surface area contributed by atoms with Gasteiger partial charge >= 0.3 is 0 Å². The van der Waals surface area contributed by atoms with Crippen LogP contribution in [0, 0.1) is 0 Å². The minimum absolute atomic E-state index is 0.124. The number of nitrogens with zero attached hydrogens (tertiary/aromatic N) is 4. The van der Waals surface area contributed by atoms with E-state index in [1.165, 1.54) is 0 Å². The van der Waals surface area contributed by atoms with Crippen molar-refractivity contribution in [3.63, 3.8) is 0 Å². The van der Waals surface area contributed by atoms with Gasteiger partial charge in [0.2, 0.25) is 5.82 Å². The Bertz CT molecular complexity index is 900. The van der Waals surface area contributed by atoms with Crippen LogP contribution in [-0.4, -0.2) is 41.0 Å². The van der Waals surface area contributed by atoms with Crippen LogP contribution in [0.1, 0.15) is 37.3 Å². The molecule has 0 radical (unpaired) electrons. The van der Waals surface area contributed by atoms with Gasteiger partial charge in [0.1, 0.15) is 0 Å². The van der Waals surface area contributed by atoms with Crippen LogP contribution in [0.15, 0.2) is 48.5 Å². The van der Waals surface area contributed by atoms with Gasteiger partial charge in [-0.1, -0.05) is 48.5 Å². The van der Waals surface area contributed by atoms with E-state index in [0.29, 0.717) is 5.82 Å². The third kappa shape index (κ3) is 3.82. The molecule has 2 aromatic carbocycles. The van der Waals surface area contributed by atoms with Crippen LogP contribution in [0.4, 0.5) is 0 Å². The Morgan fingerprint density at radius 2 is 1.75 bits per heavy atom. The van der Waals surface area contributed by atoms with Crippen molar-refractivity contribution < 1.29 is 14.2 Å². The molecule has 4 rings (SSSR count). The largest absolute Gasteiger partial charge is 0.355 e. The first-order valence-electron chi connectivity index (χ1n) is 9.46. The highest BCUT2D eigenvalue weighted by Gasteiger charge is 2.20. The molecular formula is C21H24N4O3. The maximum absolute atomic E-state index is 5.76. The van der Waals surface area contributed by atoms with Crippen LogP contribution in [-0.2, 0) is 14.2 Å². The first-order chi connectivity index (χ1) is 13.8. The molecular weight excluding hydrogens is 356 g/mol. The Labute approximate surface area is 164 Å². The van der Waals surface area contributed by atoms with Gasteiger partial charge in [-0.15, -0.1) is 15.0 Å². The lowest BCUT2D eigenvalue weighted by Gasteiger charge is -2.20. The smallest absolute Gasteiger partial charge is 0.205 e. The fourth-order valence-corrected chi connectivity index (χ4v) is 3.48. The van der Waals surface area contributed by atoms with Gasteiger partial charge in [-0.2, -0.15) is 0 Å². The van der Waals surface area contributed by atoms with Crippen molar-refractivity contribution in [3.8, 4) is 22.5 Å². The molecule has 1 aliphatic heterocycles. The summed E-state index contributed by atoms with van der Waals surface area (Å²) in [5.41, 5.74) is 4.01. The van der Waals surface area contributed by atoms with E-state index in [9.17, 15) is 0 Å². The van der Waals surface area contributed by atoms with Crippen molar-refractivity contribution in [2.24, 2.45) is 0 Å². The topological polar surface area (TPSA) is 71.3 Å². The molecule has 0 N–H and O–H groups in total. The van der Waals surface area contributed by atoms with Crippen LogP contribution >= 0.6 is 0 Å². The molecule has 1 aliphatic rings. The Hall–Kier alpha value is -2.61. The van der Waals surface area contributed by atoms with Crippen molar-refractivity contribution in [3.05, 3.63) is 54.1 Å². The average molecular weight is 380 g/mol. The summed E-state index contributed by atoms with van der Waals surface area (Å²) in [4.78, 5) is 1.59. The minimum atomic E-state index is -0.374. The average Bonchev–Trinajstić information content (AvgIpc) is 3.26. The Kier molecular flexibility index (Phi) is 5.76. The van der Waals surface area contributed by atoms with Gasteiger partial charge in [0.05, 0.1) is 0 Å². The van der Waals surface area contributed by atoms with E-state index < -0.39 is 0 Å². The highest BCUT2D eigenvalue weighted by molar-refractivity contribution is 5.80. The number of rotatable bonds is 6. The van der Waals surface area contributed by atoms with E-state index in [0.717, 1.165) is 48.1 Å². The van der Waals surface area contributed by atoms with Crippen LogP contribution in [0.5, 0.6) is 0 Å². The monoisotopic (exact) mass is 380 g/mol. The van der Waals surface area contributed by atoms with Gasteiger partial charge in [-0.05, 0) is 35.6 Å². The Balaban J connectivity index is 1.63. The third-order valence-electron chi connectivity index (χ3n) is 4.93. The van der Waals surface area contributed by atoms with Crippen LogP contribution < -0.4 is 0 Å². The second-order valence-electron chi connectivity index (χ2n) is 6.73. The maximum Gasteiger partial charge on any atom is 0.205 e. The van der Waals surface area contributed by atoms with Gasteiger partial charge in [0.25, 0.3) is 0 Å². The quantitative estimate of drug-likeness (QED) is 0.602. The molecule has 0 bridgehead atoms. The zero-order chi connectivity index (χ0) is 19.3. The van der Waals surface area contributed by atoms with Gasteiger partial charge in [0, 0.05) is 32.0 Å². The van der Waals surface area contributed by atoms with Gasteiger partial charge < -0.3 is 14.2 Å². The molecule has 1 aromatic heterocycles. The van der Waals surface area contributed by atoms with Crippen LogP contribution in [0.3, 0.4) is 0 Å². The first kappa shape index (κ1) is 18.7. The Morgan fingerprint density at radius 1 is 1.00 bits per heavy atom. The molecule has 146 valence electrons. The molecule has 0 spiro atoms. The van der Waals surface area contributed by atoms with E-state index in [1.54, 1.807) is 19.0 Å². The Morgan fingerprint density at radius 3 is 2.43 bits per heavy atom. The molecule has 28 heavy (non-hydrogen) atoms. The normalized spacial score (nSPS) is 17.2. The SMILES string of the molecule is COC(OC)c1ccc(-c2ccccc2-c2nnn(C3CCCCO3)n2)cc1. The molecule has 3 aromatic rings. The molecule has 1 saturated heterocycles. The van der Waals surface area contributed by atoms with E-state index in [-0.39, 0.29) is 12.5 Å². The van der Waals surface area contributed by atoms with Gasteiger partial charge in [0.15, 0.2) is 12.5 Å². The zero-order valence-electron chi connectivity index (χ0n) is 16.1. The van der Waals surface area contributed by atoms with Crippen molar-refractivity contribution >= 4 is 0 Å². The predicted molar refractivity (Wildman–Crippen MR) is 104 cm³/mol. The van der Waals surface area contributed by atoms with E-state index in [4.69, 9.17) is 14.2 Å². The summed E-state index contributed by atoms with van der Waals surface area (Å²) in [6.07, 6.45) is 2.63. The lowest BCUT2D eigenvalue weighted by Crippen LogP contribution is -2.20. The van der Waals surface area contributed by atoms with Crippen molar-refractivity contribution in [1.29, 1.82) is 0 Å². The number of hydrogen-bond donors (Lipinski definition) is 0. The summed E-state index contributed by atoms with van der Waals surface area (Å²) < 4.78 is 16.4. The second kappa shape index (κ2) is 8.60. The third-order valence-corrected chi connectivity index (χ3v) is 4.93. The molecule has 1 atom stereocenters. The highest BCUT2D eigenvalue weighted by Crippen LogP contribution is 2.31. The first-order valence-corrected chi connectivity index (χ1v) is 9.46. The molecule has 7 heteroatoms. The van der Waals surface area contributed by atoms with E-state index >= 15 is 0 Å². The summed E-state index contributed by atoms with van der Waals surface area (Å²) in [6, 6.07) is 16.2. The van der Waals surface area contributed by atoms with Gasteiger partial charge in [-0.3, -0.25) is 0 Å². The van der Waals surface area contributed by atoms with Crippen molar-refractivity contribution in [2.45, 2.75) is 31.8 Å². The van der Waals surface area contributed by atoms with Crippen molar-refractivity contribution in [2.75, 3.05) is 20.8 Å². The van der Waals surface area contributed by atoms with Crippen LogP contribution in [0.2, 0.25) is 0 Å². The molecule has 0 aliphatic carbocycles. The molecule has 7 nitrogen and oxygen atoms in total. The zero-order valence-corrected chi connectivity index (χ0v) is 16.1. The lowest BCUT2D eigenvalue weighted by atomic mass is 9.98. The minimum Gasteiger partial charge on any atom is -0.355 e. The van der Waals surface area contributed by atoms with Crippen LogP contribution in [0.25, 0.3) is 22.5 Å². The highest BCUT2D eigenvalue weighted by atomic mass is 16.7. The summed E-state index contributed by atoms with van der Waals surface area (Å²) in [5.74, 6) is 0.598. The summed E-state index contributed by atoms with van der Waals surface area (Å²) in [7, 11) is 3.25. The van der Waals surface area contributed by atoms with Gasteiger partial charge in [-0.25, -0.2) is 0 Å². The van der Waals surface area contributed by atoms with E-state index in [2.05, 4.69) is 21.5 Å². The number of methoxy groups -OCH3 is 2. The fourth-order valence-electron chi connectivity index (χ4n) is 3.48. The second-order valence-corrected chi connectivity index (χ2v) is 6.73.